The smallest absolute Gasteiger partial charge is 0.274 e. The molecule has 0 saturated carbocycles. The molecule has 98 valence electrons. The summed E-state index contributed by atoms with van der Waals surface area (Å²) in [6.07, 6.45) is 5.19. The minimum Gasteiger partial charge on any atom is -0.396 e. The molecular formula is C13H19N3O2. The molecule has 1 unspecified atom stereocenters. The van der Waals surface area contributed by atoms with Crippen LogP contribution in [-0.2, 0) is 12.8 Å². The summed E-state index contributed by atoms with van der Waals surface area (Å²) in [4.78, 5) is 14.2. The molecule has 18 heavy (non-hydrogen) atoms. The fourth-order valence-electron chi connectivity index (χ4n) is 2.97. The standard InChI is InChI=1S/C13H19N3O2/c17-8-9-5-6-16(7-9)13(18)12-10-3-1-2-4-11(10)14-15-12/h9,17H,1-8H2,(H,14,15). The van der Waals surface area contributed by atoms with Gasteiger partial charge in [0.15, 0.2) is 5.69 Å². The Morgan fingerprint density at radius 2 is 2.28 bits per heavy atom. The SMILES string of the molecule is O=C(c1n[nH]c2c1CCCC2)N1CCC(CO)C1. The Morgan fingerprint density at radius 1 is 1.44 bits per heavy atom. The third kappa shape index (κ3) is 1.92. The van der Waals surface area contributed by atoms with Crippen molar-refractivity contribution in [2.45, 2.75) is 32.1 Å². The molecule has 5 nitrogen and oxygen atoms in total. The second-order valence-corrected chi connectivity index (χ2v) is 5.32. The zero-order chi connectivity index (χ0) is 12.5. The van der Waals surface area contributed by atoms with E-state index in [1.807, 2.05) is 4.90 Å². The summed E-state index contributed by atoms with van der Waals surface area (Å²) in [7, 11) is 0. The topological polar surface area (TPSA) is 69.2 Å². The Kier molecular flexibility index (Phi) is 3.07. The highest BCUT2D eigenvalue weighted by atomic mass is 16.3. The molecule has 5 heteroatoms. The van der Waals surface area contributed by atoms with E-state index in [1.165, 1.54) is 6.42 Å². The van der Waals surface area contributed by atoms with E-state index in [2.05, 4.69) is 10.2 Å². The molecule has 1 amide bonds. The third-order valence-electron chi connectivity index (χ3n) is 4.09. The predicted octanol–water partition coefficient (Wildman–Crippen LogP) is 0.743. The molecule has 2 N–H and O–H groups in total. The Morgan fingerprint density at radius 3 is 3.06 bits per heavy atom. The van der Waals surface area contributed by atoms with Crippen molar-refractivity contribution in [2.24, 2.45) is 5.92 Å². The lowest BCUT2D eigenvalue weighted by Gasteiger charge is -2.17. The molecule has 1 aliphatic heterocycles. The maximum absolute atomic E-state index is 12.4. The number of nitrogens with zero attached hydrogens (tertiary/aromatic N) is 2. The molecule has 1 atom stereocenters. The van der Waals surface area contributed by atoms with Gasteiger partial charge >= 0.3 is 0 Å². The average molecular weight is 249 g/mol. The van der Waals surface area contributed by atoms with E-state index in [1.54, 1.807) is 0 Å². The third-order valence-corrected chi connectivity index (χ3v) is 4.09. The summed E-state index contributed by atoms with van der Waals surface area (Å²) >= 11 is 0. The van der Waals surface area contributed by atoms with E-state index in [4.69, 9.17) is 5.11 Å². The lowest BCUT2D eigenvalue weighted by atomic mass is 9.95. The number of nitrogens with one attached hydrogen (secondary N) is 1. The molecule has 0 bridgehead atoms. The Balaban J connectivity index is 1.78. The van der Waals surface area contributed by atoms with Gasteiger partial charge in [-0.15, -0.1) is 0 Å². The van der Waals surface area contributed by atoms with Gasteiger partial charge in [-0.05, 0) is 32.1 Å². The number of carbonyl (C=O) groups is 1. The zero-order valence-electron chi connectivity index (χ0n) is 10.5. The van der Waals surface area contributed by atoms with Gasteiger partial charge in [0.05, 0.1) is 0 Å². The van der Waals surface area contributed by atoms with Crippen LogP contribution in [0.25, 0.3) is 0 Å². The first kappa shape index (κ1) is 11.7. The van der Waals surface area contributed by atoms with Gasteiger partial charge in [-0.1, -0.05) is 0 Å². The Labute approximate surface area is 106 Å². The van der Waals surface area contributed by atoms with E-state index >= 15 is 0 Å². The van der Waals surface area contributed by atoms with E-state index in [0.717, 1.165) is 43.5 Å². The van der Waals surface area contributed by atoms with Crippen molar-refractivity contribution in [3.05, 3.63) is 17.0 Å². The van der Waals surface area contributed by atoms with Crippen LogP contribution in [0.1, 0.15) is 41.0 Å². The maximum atomic E-state index is 12.4. The van der Waals surface area contributed by atoms with E-state index in [0.29, 0.717) is 12.2 Å². The monoisotopic (exact) mass is 249 g/mol. The normalized spacial score (nSPS) is 23.2. The number of aromatic amines is 1. The van der Waals surface area contributed by atoms with Crippen LogP contribution in [-0.4, -0.2) is 45.8 Å². The highest BCUT2D eigenvalue weighted by molar-refractivity contribution is 5.94. The quantitative estimate of drug-likeness (QED) is 0.812. The minimum atomic E-state index is 0.0327. The van der Waals surface area contributed by atoms with E-state index < -0.39 is 0 Å². The molecule has 1 saturated heterocycles. The second kappa shape index (κ2) is 4.72. The lowest BCUT2D eigenvalue weighted by molar-refractivity contribution is 0.0775. The summed E-state index contributed by atoms with van der Waals surface area (Å²) in [6.45, 7) is 1.57. The molecule has 1 aromatic rings. The fourth-order valence-corrected chi connectivity index (χ4v) is 2.97. The van der Waals surface area contributed by atoms with Crippen LogP contribution in [0.2, 0.25) is 0 Å². The van der Waals surface area contributed by atoms with Crippen LogP contribution in [0.3, 0.4) is 0 Å². The van der Waals surface area contributed by atoms with Gasteiger partial charge in [0.2, 0.25) is 0 Å². The summed E-state index contributed by atoms with van der Waals surface area (Å²) < 4.78 is 0. The number of aliphatic hydroxyl groups is 1. The van der Waals surface area contributed by atoms with Crippen LogP contribution in [0.4, 0.5) is 0 Å². The highest BCUT2D eigenvalue weighted by Crippen LogP contribution is 2.25. The van der Waals surface area contributed by atoms with Gasteiger partial charge in [0.1, 0.15) is 0 Å². The number of hydrogen-bond acceptors (Lipinski definition) is 3. The van der Waals surface area contributed by atoms with Crippen molar-refractivity contribution >= 4 is 5.91 Å². The van der Waals surface area contributed by atoms with Crippen LogP contribution >= 0.6 is 0 Å². The number of rotatable bonds is 2. The number of carbonyl (C=O) groups excluding carboxylic acids is 1. The molecule has 2 aliphatic rings. The van der Waals surface area contributed by atoms with Crippen molar-refractivity contribution in [3.63, 3.8) is 0 Å². The number of aryl methyl sites for hydroxylation is 1. The van der Waals surface area contributed by atoms with Gasteiger partial charge in [-0.25, -0.2) is 0 Å². The molecule has 1 fully saturated rings. The summed E-state index contributed by atoms with van der Waals surface area (Å²) in [5.74, 6) is 0.272. The minimum absolute atomic E-state index is 0.0327. The van der Waals surface area contributed by atoms with E-state index in [-0.39, 0.29) is 18.4 Å². The Hall–Kier alpha value is -1.36. The molecule has 0 radical (unpaired) electrons. The molecular weight excluding hydrogens is 230 g/mol. The first-order chi connectivity index (χ1) is 8.79. The van der Waals surface area contributed by atoms with Gasteiger partial charge in [-0.3, -0.25) is 9.89 Å². The van der Waals surface area contributed by atoms with Crippen molar-refractivity contribution in [2.75, 3.05) is 19.7 Å². The van der Waals surface area contributed by atoms with Crippen molar-refractivity contribution in [1.82, 2.24) is 15.1 Å². The van der Waals surface area contributed by atoms with Gasteiger partial charge in [0, 0.05) is 36.9 Å². The second-order valence-electron chi connectivity index (χ2n) is 5.32. The lowest BCUT2D eigenvalue weighted by Crippen LogP contribution is -2.30. The average Bonchev–Trinajstić information content (AvgIpc) is 3.04. The zero-order valence-corrected chi connectivity index (χ0v) is 10.5. The number of likely N-dealkylation sites (tertiary alicyclic amines) is 1. The van der Waals surface area contributed by atoms with Crippen molar-refractivity contribution in [3.8, 4) is 0 Å². The van der Waals surface area contributed by atoms with Gasteiger partial charge in [-0.2, -0.15) is 5.10 Å². The Bertz CT molecular complexity index is 455. The van der Waals surface area contributed by atoms with Crippen LogP contribution < -0.4 is 0 Å². The largest absolute Gasteiger partial charge is 0.396 e. The number of fused-ring (bicyclic) bond motifs is 1. The highest BCUT2D eigenvalue weighted by Gasteiger charge is 2.30. The van der Waals surface area contributed by atoms with Crippen LogP contribution in [0, 0.1) is 5.92 Å². The molecule has 1 aromatic heterocycles. The molecule has 1 aliphatic carbocycles. The first-order valence-corrected chi connectivity index (χ1v) is 6.76. The molecule has 2 heterocycles. The van der Waals surface area contributed by atoms with Crippen LogP contribution in [0.5, 0.6) is 0 Å². The van der Waals surface area contributed by atoms with Crippen molar-refractivity contribution < 1.29 is 9.90 Å². The first-order valence-electron chi connectivity index (χ1n) is 6.76. The fraction of sp³-hybridized carbons (Fsp3) is 0.692. The number of hydrogen-bond donors (Lipinski definition) is 2. The molecule has 3 rings (SSSR count). The summed E-state index contributed by atoms with van der Waals surface area (Å²) in [6, 6.07) is 0. The number of H-pyrrole nitrogens is 1. The van der Waals surface area contributed by atoms with Crippen molar-refractivity contribution in [1.29, 1.82) is 0 Å². The van der Waals surface area contributed by atoms with Gasteiger partial charge < -0.3 is 10.0 Å². The number of aliphatic hydroxyl groups excluding tert-OH is 1. The number of aromatic nitrogens is 2. The summed E-state index contributed by atoms with van der Waals surface area (Å²) in [5.41, 5.74) is 2.88. The van der Waals surface area contributed by atoms with Crippen LogP contribution in [0.15, 0.2) is 0 Å². The molecule has 0 aromatic carbocycles. The van der Waals surface area contributed by atoms with Gasteiger partial charge in [0.25, 0.3) is 5.91 Å². The molecule has 0 spiro atoms. The summed E-state index contributed by atoms with van der Waals surface area (Å²) in [5, 5.41) is 16.4. The maximum Gasteiger partial charge on any atom is 0.274 e. The van der Waals surface area contributed by atoms with E-state index in [9.17, 15) is 4.79 Å². The predicted molar refractivity (Wildman–Crippen MR) is 66.3 cm³/mol. The number of amides is 1.